The SMILES string of the molecule is CC(C)c1cccc(C(C)C)c1N1C=C[N-]C1c1[c-]cccc1.Cc1ccccc1C1=C(c2ccccc2C)N(c2ccccc2)[CH-]N1c1[c-]cccc1.[Ir]. The van der Waals surface area contributed by atoms with Crippen LogP contribution in [0.2, 0.25) is 0 Å². The summed E-state index contributed by atoms with van der Waals surface area (Å²) < 4.78 is 0. The molecule has 2 heterocycles. The fourth-order valence-electron chi connectivity index (χ4n) is 7.30. The van der Waals surface area contributed by atoms with Crippen molar-refractivity contribution in [1.29, 1.82) is 0 Å². The Balaban J connectivity index is 0.000000192. The molecular weight excluding hydrogens is 849 g/mol. The van der Waals surface area contributed by atoms with Crippen LogP contribution in [0.5, 0.6) is 0 Å². The van der Waals surface area contributed by atoms with E-state index in [-0.39, 0.29) is 26.3 Å². The fraction of sp³-hybridized carbons (Fsp3) is 0.180. The number of nitrogens with zero attached hydrogens (tertiary/aromatic N) is 4. The fourth-order valence-corrected chi connectivity index (χ4v) is 7.30. The first-order valence-electron chi connectivity index (χ1n) is 18.9. The number of benzene rings is 6. The summed E-state index contributed by atoms with van der Waals surface area (Å²) in [7, 11) is 0. The van der Waals surface area contributed by atoms with Gasteiger partial charge in [-0.05, 0) is 72.4 Å². The second-order valence-corrected chi connectivity index (χ2v) is 14.4. The van der Waals surface area contributed by atoms with Crippen molar-refractivity contribution in [2.24, 2.45) is 0 Å². The van der Waals surface area contributed by atoms with Gasteiger partial charge < -0.3 is 20.0 Å². The van der Waals surface area contributed by atoms with E-state index < -0.39 is 0 Å². The number of hydrogen-bond donors (Lipinski definition) is 0. The molecule has 0 bridgehead atoms. The zero-order chi connectivity index (χ0) is 37.6. The van der Waals surface area contributed by atoms with E-state index in [9.17, 15) is 0 Å². The van der Waals surface area contributed by atoms with Gasteiger partial charge in [-0.25, -0.2) is 0 Å². The minimum absolute atomic E-state index is 0. The number of hydrogen-bond acceptors (Lipinski definition) is 3. The molecule has 1 atom stereocenters. The van der Waals surface area contributed by atoms with Gasteiger partial charge in [-0.1, -0.05) is 113 Å². The Kier molecular flexibility index (Phi) is 12.8. The monoisotopic (exact) mass is 897 g/mol. The maximum atomic E-state index is 4.68. The van der Waals surface area contributed by atoms with Crippen molar-refractivity contribution in [2.45, 2.75) is 59.5 Å². The predicted molar refractivity (Wildman–Crippen MR) is 228 cm³/mol. The van der Waals surface area contributed by atoms with E-state index in [2.05, 4.69) is 208 Å². The van der Waals surface area contributed by atoms with Crippen LogP contribution >= 0.6 is 0 Å². The van der Waals surface area contributed by atoms with E-state index >= 15 is 0 Å². The van der Waals surface area contributed by atoms with Gasteiger partial charge in [0.1, 0.15) is 0 Å². The van der Waals surface area contributed by atoms with Crippen molar-refractivity contribution in [3.05, 3.63) is 221 Å². The maximum absolute atomic E-state index is 4.68. The van der Waals surface area contributed by atoms with Gasteiger partial charge >= 0.3 is 0 Å². The summed E-state index contributed by atoms with van der Waals surface area (Å²) in [6.45, 7) is 15.6. The molecule has 1 radical (unpaired) electrons. The normalized spacial score (nSPS) is 14.9. The Bertz CT molecular complexity index is 2100. The molecule has 281 valence electrons. The summed E-state index contributed by atoms with van der Waals surface area (Å²) in [6.07, 6.45) is 3.99. The van der Waals surface area contributed by atoms with Gasteiger partial charge in [0, 0.05) is 54.0 Å². The molecule has 0 saturated carbocycles. The van der Waals surface area contributed by atoms with Crippen LogP contribution in [-0.4, -0.2) is 0 Å². The molecule has 8 rings (SSSR count). The summed E-state index contributed by atoms with van der Waals surface area (Å²) in [4.78, 5) is 6.86. The molecule has 5 heteroatoms. The first-order valence-corrected chi connectivity index (χ1v) is 18.9. The largest absolute Gasteiger partial charge is 0.668 e. The molecule has 55 heavy (non-hydrogen) atoms. The van der Waals surface area contributed by atoms with Crippen molar-refractivity contribution < 1.29 is 20.1 Å². The molecule has 2 aliphatic heterocycles. The molecule has 0 aliphatic carbocycles. The summed E-state index contributed by atoms with van der Waals surface area (Å²) in [6, 6.07) is 57.4. The maximum Gasteiger partial charge on any atom is 0.0466 e. The summed E-state index contributed by atoms with van der Waals surface area (Å²) in [5.74, 6) is 0.941. The zero-order valence-electron chi connectivity index (χ0n) is 32.4. The van der Waals surface area contributed by atoms with Gasteiger partial charge in [0.05, 0.1) is 0 Å². The van der Waals surface area contributed by atoms with Crippen LogP contribution in [-0.2, 0) is 20.1 Å². The van der Waals surface area contributed by atoms with E-state index in [0.29, 0.717) is 11.8 Å². The van der Waals surface area contributed by atoms with E-state index in [0.717, 1.165) is 16.9 Å². The van der Waals surface area contributed by atoms with Crippen LogP contribution in [0.25, 0.3) is 16.7 Å². The summed E-state index contributed by atoms with van der Waals surface area (Å²) >= 11 is 0. The number of anilines is 3. The van der Waals surface area contributed by atoms with Crippen molar-refractivity contribution >= 4 is 28.5 Å². The third-order valence-electron chi connectivity index (χ3n) is 10.1. The average Bonchev–Trinajstić information content (AvgIpc) is 3.85. The minimum Gasteiger partial charge on any atom is -0.668 e. The molecule has 2 aliphatic rings. The summed E-state index contributed by atoms with van der Waals surface area (Å²) in [5, 5.41) is 4.68. The first-order chi connectivity index (χ1) is 26.3. The second-order valence-electron chi connectivity index (χ2n) is 14.4. The topological polar surface area (TPSA) is 23.8 Å². The molecule has 0 aromatic heterocycles. The van der Waals surface area contributed by atoms with Gasteiger partial charge in [-0.2, -0.15) is 72.4 Å². The number of rotatable bonds is 8. The van der Waals surface area contributed by atoms with E-state index in [1.807, 2.05) is 30.5 Å². The number of aryl methyl sites for hydroxylation is 2. The Labute approximate surface area is 342 Å². The zero-order valence-corrected chi connectivity index (χ0v) is 34.8. The van der Waals surface area contributed by atoms with Crippen LogP contribution < -0.4 is 14.7 Å². The molecule has 6 aromatic rings. The van der Waals surface area contributed by atoms with Crippen LogP contribution in [0.15, 0.2) is 158 Å². The van der Waals surface area contributed by atoms with Gasteiger partial charge in [0.25, 0.3) is 0 Å². The molecule has 0 saturated heterocycles. The van der Waals surface area contributed by atoms with Gasteiger partial charge in [0.15, 0.2) is 0 Å². The second kappa shape index (κ2) is 17.9. The quantitative estimate of drug-likeness (QED) is 0.142. The molecule has 6 aromatic carbocycles. The van der Waals surface area contributed by atoms with E-state index in [1.54, 1.807) is 0 Å². The summed E-state index contributed by atoms with van der Waals surface area (Å²) in [5.41, 5.74) is 14.6. The van der Waals surface area contributed by atoms with Crippen LogP contribution in [0.4, 0.5) is 17.1 Å². The van der Waals surface area contributed by atoms with Crippen molar-refractivity contribution in [1.82, 2.24) is 0 Å². The third-order valence-corrected chi connectivity index (χ3v) is 10.1. The van der Waals surface area contributed by atoms with Crippen LogP contribution in [0.3, 0.4) is 0 Å². The van der Waals surface area contributed by atoms with Crippen LogP contribution in [0.1, 0.15) is 84.6 Å². The average molecular weight is 897 g/mol. The van der Waals surface area contributed by atoms with E-state index in [4.69, 9.17) is 0 Å². The standard InChI is InChI=1S/C29H24N2.C21H24N2.Ir/c1-22-13-9-11-19-26(22)28-29(27-20-12-10-14-23(27)2)31(25-17-7-4-8-18-25)21-30(28)24-15-5-3-6-16-24;1-15(2)18-11-8-12-19(16(3)4)20(18)23-14-13-22-21(23)17-9-6-5-7-10-17;/h3-17,19-21H,1-2H3;5-9,11-16,21H,1-4H3;/q2*-2;. The number of para-hydroxylation sites is 3. The molecule has 0 amide bonds. The molecule has 0 fully saturated rings. The Morgan fingerprint density at radius 1 is 0.582 bits per heavy atom. The van der Waals surface area contributed by atoms with Crippen molar-refractivity contribution in [2.75, 3.05) is 14.7 Å². The smallest absolute Gasteiger partial charge is 0.0466 e. The Morgan fingerprint density at radius 2 is 1.13 bits per heavy atom. The molecule has 0 N–H and O–H groups in total. The van der Waals surface area contributed by atoms with Crippen LogP contribution in [0, 0.1) is 32.6 Å². The molecular formula is C50H48IrN4-4. The van der Waals surface area contributed by atoms with Gasteiger partial charge in [-0.3, -0.25) is 0 Å². The van der Waals surface area contributed by atoms with Crippen molar-refractivity contribution in [3.63, 3.8) is 0 Å². The molecule has 1 unspecified atom stereocenters. The molecule has 4 nitrogen and oxygen atoms in total. The third kappa shape index (κ3) is 8.34. The first kappa shape index (κ1) is 39.3. The predicted octanol–water partition coefficient (Wildman–Crippen LogP) is 13.2. The van der Waals surface area contributed by atoms with Crippen molar-refractivity contribution in [3.8, 4) is 0 Å². The van der Waals surface area contributed by atoms with Gasteiger partial charge in [-0.15, -0.1) is 12.4 Å². The van der Waals surface area contributed by atoms with Gasteiger partial charge in [0.2, 0.25) is 0 Å². The molecule has 0 spiro atoms. The Hall–Kier alpha value is -5.35. The van der Waals surface area contributed by atoms with E-state index in [1.165, 1.54) is 50.5 Å². The Morgan fingerprint density at radius 3 is 1.67 bits per heavy atom. The minimum atomic E-state index is -0.0198.